The van der Waals surface area contributed by atoms with E-state index >= 15 is 0 Å². The van der Waals surface area contributed by atoms with Crippen LogP contribution in [0.3, 0.4) is 0 Å². The van der Waals surface area contributed by atoms with Crippen molar-refractivity contribution in [2.75, 3.05) is 38.7 Å². The number of nitrogens with two attached hydrogens (primary N) is 1. The number of carbonyl (C=O) groups is 3. The second-order valence-electron chi connectivity index (χ2n) is 7.76. The van der Waals surface area contributed by atoms with Gasteiger partial charge < -0.3 is 25.9 Å². The molecule has 2 amide bonds. The van der Waals surface area contributed by atoms with E-state index in [1.807, 2.05) is 7.05 Å². The smallest absolute Gasteiger partial charge is 0.352 e. The van der Waals surface area contributed by atoms with Gasteiger partial charge in [0.1, 0.15) is 29.9 Å². The molecule has 180 valence electrons. The van der Waals surface area contributed by atoms with E-state index in [1.165, 1.54) is 23.8 Å². The number of rotatable bonds is 11. The Balaban J connectivity index is 1.72. The number of fused-ring (bicyclic) bond motifs is 1. The third-order valence-corrected chi connectivity index (χ3v) is 7.32. The summed E-state index contributed by atoms with van der Waals surface area (Å²) in [5.74, 6) is -1.81. The van der Waals surface area contributed by atoms with Gasteiger partial charge in [-0.2, -0.15) is 0 Å². The Morgan fingerprint density at radius 2 is 2.21 bits per heavy atom. The topological polar surface area (TPSA) is 150 Å². The first-order valence-corrected chi connectivity index (χ1v) is 12.4. The Bertz CT molecular complexity index is 978. The predicted octanol–water partition coefficient (Wildman–Crippen LogP) is 0.936. The molecule has 1 saturated heterocycles. The van der Waals surface area contributed by atoms with Crippen LogP contribution in [0.2, 0.25) is 0 Å². The average Bonchev–Trinajstić information content (AvgIpc) is 3.21. The molecule has 11 nitrogen and oxygen atoms in total. The number of nitrogens with one attached hydrogen (secondary N) is 1. The lowest BCUT2D eigenvalue weighted by Crippen LogP contribution is -2.71. The number of anilines is 1. The summed E-state index contributed by atoms with van der Waals surface area (Å²) >= 11 is 2.57. The molecule has 3 heterocycles. The summed E-state index contributed by atoms with van der Waals surface area (Å²) in [6.07, 6.45) is 3.25. The van der Waals surface area contributed by atoms with Gasteiger partial charge in [-0.25, -0.2) is 9.78 Å². The van der Waals surface area contributed by atoms with Crippen LogP contribution in [-0.2, 0) is 19.2 Å². The first kappa shape index (κ1) is 25.0. The largest absolute Gasteiger partial charge is 0.477 e. The Labute approximate surface area is 200 Å². The summed E-state index contributed by atoms with van der Waals surface area (Å²) in [5, 5.41) is 17.5. The summed E-state index contributed by atoms with van der Waals surface area (Å²) in [5.41, 5.74) is 6.46. The number of nitrogens with zero attached hydrogens (tertiary/aromatic N) is 4. The number of hydrogen-bond donors (Lipinski definition) is 3. The van der Waals surface area contributed by atoms with Gasteiger partial charge in [-0.3, -0.25) is 14.5 Å². The van der Waals surface area contributed by atoms with Crippen LogP contribution in [0.15, 0.2) is 21.8 Å². The highest BCUT2D eigenvalue weighted by Gasteiger charge is 2.54. The molecule has 1 fully saturated rings. The minimum atomic E-state index is -1.14. The molecule has 0 saturated carbocycles. The molecule has 0 radical (unpaired) electrons. The number of carboxylic acid groups (broad SMARTS) is 1. The molecule has 1 aromatic rings. The SMILES string of the molecule is CCCCCN(C)CC1=C(C(=O)O)N2C(=O)[C@@H](NC(=O)/C(=N\OC)c3csc(N)n3)[C@H]2SC1. The normalized spacial score (nSPS) is 20.5. The molecule has 4 N–H and O–H groups in total. The summed E-state index contributed by atoms with van der Waals surface area (Å²) in [4.78, 5) is 49.9. The van der Waals surface area contributed by atoms with Crippen molar-refractivity contribution >= 4 is 51.7 Å². The van der Waals surface area contributed by atoms with Crippen molar-refractivity contribution in [1.82, 2.24) is 20.1 Å². The number of hydrogen-bond acceptors (Lipinski definition) is 10. The molecule has 13 heteroatoms. The zero-order valence-electron chi connectivity index (χ0n) is 18.7. The maximum Gasteiger partial charge on any atom is 0.352 e. The standard InChI is InChI=1S/C20H28N6O5S2/c1-4-5-6-7-25(2)8-11-9-32-18-14(17(28)26(18)15(11)19(29)30)23-16(27)13(24-31-3)12-10-33-20(21)22-12/h10,14,18H,4-9H2,1-3H3,(H2,21,22)(H,23,27)(H,29,30)/b24-13-/t14-,18-/m1/s1. The fraction of sp³-hybridized carbons (Fsp3) is 0.550. The summed E-state index contributed by atoms with van der Waals surface area (Å²) in [6, 6.07) is -0.876. The molecule has 0 spiro atoms. The van der Waals surface area contributed by atoms with Crippen molar-refractivity contribution in [3.8, 4) is 0 Å². The van der Waals surface area contributed by atoms with E-state index in [4.69, 9.17) is 10.6 Å². The summed E-state index contributed by atoms with van der Waals surface area (Å²) < 4.78 is 0. The number of β-lactam (4-membered cyclic amide) rings is 1. The lowest BCUT2D eigenvalue weighted by molar-refractivity contribution is -0.150. The van der Waals surface area contributed by atoms with Crippen molar-refractivity contribution in [3.63, 3.8) is 0 Å². The second kappa shape index (κ2) is 11.0. The van der Waals surface area contributed by atoms with Crippen molar-refractivity contribution in [2.45, 2.75) is 37.6 Å². The van der Waals surface area contributed by atoms with Crippen LogP contribution in [0.25, 0.3) is 0 Å². The van der Waals surface area contributed by atoms with Crippen LogP contribution in [-0.4, -0.2) is 87.8 Å². The number of thioether (sulfide) groups is 1. The van der Waals surface area contributed by atoms with E-state index < -0.39 is 29.2 Å². The van der Waals surface area contributed by atoms with Gasteiger partial charge in [-0.05, 0) is 25.6 Å². The van der Waals surface area contributed by atoms with Gasteiger partial charge in [0, 0.05) is 17.7 Å². The van der Waals surface area contributed by atoms with Crippen LogP contribution in [0.5, 0.6) is 0 Å². The number of nitrogen functional groups attached to an aromatic ring is 1. The van der Waals surface area contributed by atoms with Crippen molar-refractivity contribution < 1.29 is 24.3 Å². The molecule has 0 aliphatic carbocycles. The predicted molar refractivity (Wildman–Crippen MR) is 127 cm³/mol. The number of carbonyl (C=O) groups excluding carboxylic acids is 2. The monoisotopic (exact) mass is 496 g/mol. The summed E-state index contributed by atoms with van der Waals surface area (Å²) in [7, 11) is 3.24. The van der Waals surface area contributed by atoms with Gasteiger partial charge in [0.05, 0.1) is 0 Å². The van der Waals surface area contributed by atoms with Crippen LogP contribution in [0, 0.1) is 0 Å². The van der Waals surface area contributed by atoms with Gasteiger partial charge in [-0.1, -0.05) is 24.9 Å². The Kier molecular flexibility index (Phi) is 8.32. The molecule has 2 aliphatic rings. The number of carboxylic acids is 1. The quantitative estimate of drug-likeness (QED) is 0.176. The van der Waals surface area contributed by atoms with Gasteiger partial charge in [0.25, 0.3) is 11.8 Å². The van der Waals surface area contributed by atoms with Gasteiger partial charge in [-0.15, -0.1) is 23.1 Å². The van der Waals surface area contributed by atoms with Crippen LogP contribution in [0.4, 0.5) is 5.13 Å². The van der Waals surface area contributed by atoms with Gasteiger partial charge in [0.15, 0.2) is 10.8 Å². The number of oxime groups is 1. The van der Waals surface area contributed by atoms with Crippen molar-refractivity contribution in [3.05, 3.63) is 22.3 Å². The van der Waals surface area contributed by atoms with Crippen LogP contribution < -0.4 is 11.1 Å². The lowest BCUT2D eigenvalue weighted by Gasteiger charge is -2.49. The minimum absolute atomic E-state index is 0.00893. The van der Waals surface area contributed by atoms with E-state index in [1.54, 1.807) is 5.38 Å². The number of likely N-dealkylation sites (N-methyl/N-ethyl adjacent to an activating group) is 1. The first-order valence-electron chi connectivity index (χ1n) is 10.5. The Morgan fingerprint density at radius 1 is 1.45 bits per heavy atom. The molecule has 0 aromatic carbocycles. The molecular formula is C20H28N6O5S2. The molecule has 2 aliphatic heterocycles. The highest BCUT2D eigenvalue weighted by Crippen LogP contribution is 2.40. The third kappa shape index (κ3) is 5.47. The van der Waals surface area contributed by atoms with E-state index in [0.29, 0.717) is 17.9 Å². The molecule has 1 aromatic heterocycles. The van der Waals surface area contributed by atoms with E-state index in [9.17, 15) is 19.5 Å². The fourth-order valence-corrected chi connectivity index (χ4v) is 5.63. The zero-order valence-corrected chi connectivity index (χ0v) is 20.4. The van der Waals surface area contributed by atoms with Gasteiger partial charge >= 0.3 is 5.97 Å². The first-order chi connectivity index (χ1) is 15.8. The van der Waals surface area contributed by atoms with E-state index in [0.717, 1.165) is 37.1 Å². The molecule has 33 heavy (non-hydrogen) atoms. The average molecular weight is 497 g/mol. The number of aromatic nitrogens is 1. The highest BCUT2D eigenvalue weighted by atomic mass is 32.2. The maximum absolute atomic E-state index is 12.9. The van der Waals surface area contributed by atoms with E-state index in [-0.39, 0.29) is 22.2 Å². The zero-order chi connectivity index (χ0) is 24.1. The molecule has 2 atom stereocenters. The summed E-state index contributed by atoms with van der Waals surface area (Å²) in [6.45, 7) is 3.46. The van der Waals surface area contributed by atoms with Crippen LogP contribution in [0.1, 0.15) is 31.9 Å². The minimum Gasteiger partial charge on any atom is -0.477 e. The molecule has 0 bridgehead atoms. The van der Waals surface area contributed by atoms with Gasteiger partial charge in [0.2, 0.25) is 0 Å². The van der Waals surface area contributed by atoms with E-state index in [2.05, 4.69) is 27.3 Å². The molecule has 3 rings (SSSR count). The highest BCUT2D eigenvalue weighted by molar-refractivity contribution is 8.00. The van der Waals surface area contributed by atoms with Crippen LogP contribution >= 0.6 is 23.1 Å². The molecular weight excluding hydrogens is 468 g/mol. The molecule has 0 unspecified atom stereocenters. The number of amides is 2. The number of unbranched alkanes of at least 4 members (excludes halogenated alkanes) is 2. The Hall–Kier alpha value is -2.64. The number of thiazole rings is 1. The van der Waals surface area contributed by atoms with Crippen molar-refractivity contribution in [2.24, 2.45) is 5.16 Å². The number of aliphatic carboxylic acids is 1. The Morgan fingerprint density at radius 3 is 2.82 bits per heavy atom. The lowest BCUT2D eigenvalue weighted by atomic mass is 10.0. The van der Waals surface area contributed by atoms with Crippen molar-refractivity contribution in [1.29, 1.82) is 0 Å². The third-order valence-electron chi connectivity index (χ3n) is 5.30. The fourth-order valence-electron chi connectivity index (χ4n) is 3.74. The second-order valence-corrected chi connectivity index (χ2v) is 9.75. The maximum atomic E-state index is 12.9.